The van der Waals surface area contributed by atoms with Crippen LogP contribution in [-0.4, -0.2) is 30.0 Å². The van der Waals surface area contributed by atoms with Gasteiger partial charge in [0.2, 0.25) is 0 Å². The van der Waals surface area contributed by atoms with Crippen molar-refractivity contribution in [2.45, 2.75) is 19.4 Å². The van der Waals surface area contributed by atoms with Gasteiger partial charge in [-0.1, -0.05) is 23.7 Å². The maximum atomic E-state index is 13.3. The molecular formula is C27H22ClNO5. The fourth-order valence-electron chi connectivity index (χ4n) is 4.42. The summed E-state index contributed by atoms with van der Waals surface area (Å²) in [5, 5.41) is 11.8. The number of fused-ring (bicyclic) bond motifs is 1. The maximum Gasteiger partial charge on any atom is 0.300 e. The fraction of sp³-hybridized carbons (Fsp3) is 0.185. The lowest BCUT2D eigenvalue weighted by Gasteiger charge is -2.25. The number of carbonyl (C=O) groups is 2. The standard InChI is InChI=1S/C27H22ClNO5/c1-2-33-21-10-3-16(4-11-21)24-23(25(30)18-5-12-22-17(15-18)13-14-34-22)26(31)27(32)29(24)20-8-6-19(28)7-9-20/h3-12,15,24,30H,2,13-14H2,1H3/b25-23-. The van der Waals surface area contributed by atoms with Crippen LogP contribution in [0.3, 0.4) is 0 Å². The molecule has 172 valence electrons. The number of benzene rings is 3. The lowest BCUT2D eigenvalue weighted by atomic mass is 9.94. The number of nitrogens with zero attached hydrogens (tertiary/aromatic N) is 1. The molecule has 0 aliphatic carbocycles. The Hall–Kier alpha value is -3.77. The van der Waals surface area contributed by atoms with E-state index in [2.05, 4.69) is 0 Å². The van der Waals surface area contributed by atoms with Crippen molar-refractivity contribution in [1.29, 1.82) is 0 Å². The second kappa shape index (κ2) is 8.88. The molecule has 0 radical (unpaired) electrons. The molecule has 3 aromatic rings. The van der Waals surface area contributed by atoms with E-state index in [-0.39, 0.29) is 11.3 Å². The van der Waals surface area contributed by atoms with Crippen molar-refractivity contribution >= 4 is 34.7 Å². The monoisotopic (exact) mass is 475 g/mol. The number of hydrogen-bond donors (Lipinski definition) is 1. The molecule has 2 aliphatic heterocycles. The maximum absolute atomic E-state index is 13.3. The summed E-state index contributed by atoms with van der Waals surface area (Å²) >= 11 is 6.05. The van der Waals surface area contributed by atoms with Gasteiger partial charge >= 0.3 is 0 Å². The van der Waals surface area contributed by atoms with E-state index < -0.39 is 17.7 Å². The molecule has 0 saturated carbocycles. The number of halogens is 1. The largest absolute Gasteiger partial charge is 0.507 e. The minimum atomic E-state index is -0.818. The molecule has 1 atom stereocenters. The Morgan fingerprint density at radius 3 is 2.53 bits per heavy atom. The molecular weight excluding hydrogens is 454 g/mol. The molecule has 0 aromatic heterocycles. The second-order valence-electron chi connectivity index (χ2n) is 8.07. The van der Waals surface area contributed by atoms with Gasteiger partial charge in [-0.25, -0.2) is 0 Å². The van der Waals surface area contributed by atoms with Gasteiger partial charge in [0.15, 0.2) is 0 Å². The summed E-state index contributed by atoms with van der Waals surface area (Å²) in [6.45, 7) is 2.99. The van der Waals surface area contributed by atoms with Gasteiger partial charge in [-0.3, -0.25) is 14.5 Å². The smallest absolute Gasteiger partial charge is 0.300 e. The number of hydrogen-bond acceptors (Lipinski definition) is 5. The van der Waals surface area contributed by atoms with Gasteiger partial charge in [-0.2, -0.15) is 0 Å². The van der Waals surface area contributed by atoms with Crippen LogP contribution in [0, 0.1) is 0 Å². The first-order chi connectivity index (χ1) is 16.5. The summed E-state index contributed by atoms with van der Waals surface area (Å²) in [5.74, 6) is -0.242. The van der Waals surface area contributed by atoms with Gasteiger partial charge in [0.05, 0.1) is 24.8 Å². The van der Waals surface area contributed by atoms with Crippen LogP contribution in [-0.2, 0) is 16.0 Å². The van der Waals surface area contributed by atoms with E-state index in [0.29, 0.717) is 40.8 Å². The molecule has 1 amide bonds. The van der Waals surface area contributed by atoms with Gasteiger partial charge in [-0.15, -0.1) is 0 Å². The van der Waals surface area contributed by atoms with Gasteiger partial charge in [0, 0.05) is 22.7 Å². The fourth-order valence-corrected chi connectivity index (χ4v) is 4.54. The number of ether oxygens (including phenoxy) is 2. The number of aliphatic hydroxyl groups is 1. The quantitative estimate of drug-likeness (QED) is 0.308. The molecule has 1 unspecified atom stereocenters. The van der Waals surface area contributed by atoms with Crippen LogP contribution >= 0.6 is 11.6 Å². The molecule has 2 aliphatic rings. The normalized spacial score (nSPS) is 18.6. The molecule has 0 bridgehead atoms. The third-order valence-corrected chi connectivity index (χ3v) is 6.27. The number of Topliss-reactive ketones (excluding diaryl/α,β-unsaturated/α-hetero) is 1. The van der Waals surface area contributed by atoms with Gasteiger partial charge in [0.1, 0.15) is 17.3 Å². The zero-order valence-corrected chi connectivity index (χ0v) is 19.2. The summed E-state index contributed by atoms with van der Waals surface area (Å²) in [4.78, 5) is 27.9. The Bertz CT molecular complexity index is 1300. The van der Waals surface area contributed by atoms with Crippen LogP contribution < -0.4 is 14.4 Å². The van der Waals surface area contributed by atoms with Crippen molar-refractivity contribution in [2.75, 3.05) is 18.1 Å². The number of carbonyl (C=O) groups excluding carboxylic acids is 2. The van der Waals surface area contributed by atoms with Crippen LogP contribution in [0.25, 0.3) is 5.76 Å². The van der Waals surface area contributed by atoms with E-state index in [1.165, 1.54) is 4.90 Å². The van der Waals surface area contributed by atoms with E-state index in [4.69, 9.17) is 21.1 Å². The topological polar surface area (TPSA) is 76.1 Å². The summed E-state index contributed by atoms with van der Waals surface area (Å²) in [6.07, 6.45) is 0.720. The van der Waals surface area contributed by atoms with Gasteiger partial charge in [-0.05, 0) is 72.6 Å². The zero-order chi connectivity index (χ0) is 23.8. The van der Waals surface area contributed by atoms with Crippen LogP contribution in [0.2, 0.25) is 5.02 Å². The van der Waals surface area contributed by atoms with E-state index in [1.54, 1.807) is 60.7 Å². The van der Waals surface area contributed by atoms with Gasteiger partial charge in [0.25, 0.3) is 11.7 Å². The molecule has 1 fully saturated rings. The highest BCUT2D eigenvalue weighted by Crippen LogP contribution is 2.43. The van der Waals surface area contributed by atoms with Crippen LogP contribution in [0.4, 0.5) is 5.69 Å². The molecule has 6 nitrogen and oxygen atoms in total. The number of amides is 1. The number of rotatable bonds is 5. The second-order valence-corrected chi connectivity index (χ2v) is 8.50. The SMILES string of the molecule is CCOc1ccc(C2/C(=C(/O)c3ccc4c(c3)CCO4)C(=O)C(=O)N2c2ccc(Cl)cc2)cc1. The Morgan fingerprint density at radius 2 is 1.82 bits per heavy atom. The summed E-state index contributed by atoms with van der Waals surface area (Å²) in [7, 11) is 0. The van der Waals surface area contributed by atoms with Crippen molar-refractivity contribution in [2.24, 2.45) is 0 Å². The van der Waals surface area contributed by atoms with E-state index >= 15 is 0 Å². The lowest BCUT2D eigenvalue weighted by Crippen LogP contribution is -2.29. The molecule has 3 aromatic carbocycles. The average Bonchev–Trinajstić information content (AvgIpc) is 3.42. The minimum absolute atomic E-state index is 0.0305. The van der Waals surface area contributed by atoms with Crippen molar-refractivity contribution in [3.63, 3.8) is 0 Å². The first kappa shape index (κ1) is 22.0. The number of anilines is 1. The van der Waals surface area contributed by atoms with Crippen molar-refractivity contribution in [3.05, 3.63) is 94.0 Å². The predicted molar refractivity (Wildman–Crippen MR) is 129 cm³/mol. The summed E-state index contributed by atoms with van der Waals surface area (Å²) in [6, 6.07) is 18.3. The molecule has 1 saturated heterocycles. The predicted octanol–water partition coefficient (Wildman–Crippen LogP) is 5.30. The Balaban J connectivity index is 1.67. The molecule has 34 heavy (non-hydrogen) atoms. The van der Waals surface area contributed by atoms with E-state index in [0.717, 1.165) is 17.7 Å². The van der Waals surface area contributed by atoms with Crippen LogP contribution in [0.1, 0.15) is 29.7 Å². The highest BCUT2D eigenvalue weighted by Gasteiger charge is 2.47. The summed E-state index contributed by atoms with van der Waals surface area (Å²) in [5.41, 5.74) is 2.63. The van der Waals surface area contributed by atoms with Crippen molar-refractivity contribution in [1.82, 2.24) is 0 Å². The molecule has 7 heteroatoms. The number of ketones is 1. The number of aliphatic hydroxyl groups excluding tert-OH is 1. The molecule has 0 spiro atoms. The first-order valence-electron chi connectivity index (χ1n) is 11.0. The lowest BCUT2D eigenvalue weighted by molar-refractivity contribution is -0.132. The minimum Gasteiger partial charge on any atom is -0.507 e. The van der Waals surface area contributed by atoms with Gasteiger partial charge < -0.3 is 14.6 Å². The van der Waals surface area contributed by atoms with Crippen LogP contribution in [0.5, 0.6) is 11.5 Å². The van der Waals surface area contributed by atoms with E-state index in [9.17, 15) is 14.7 Å². The third-order valence-electron chi connectivity index (χ3n) is 6.02. The van der Waals surface area contributed by atoms with Crippen molar-refractivity contribution in [3.8, 4) is 11.5 Å². The third kappa shape index (κ3) is 3.80. The molecule has 1 N–H and O–H groups in total. The Kier molecular flexibility index (Phi) is 5.75. The Labute approximate surface area is 202 Å². The molecule has 2 heterocycles. The molecule has 5 rings (SSSR count). The highest BCUT2D eigenvalue weighted by molar-refractivity contribution is 6.51. The average molecular weight is 476 g/mol. The highest BCUT2D eigenvalue weighted by atomic mass is 35.5. The summed E-state index contributed by atoms with van der Waals surface area (Å²) < 4.78 is 11.1. The van der Waals surface area contributed by atoms with E-state index in [1.807, 2.05) is 13.0 Å². The zero-order valence-electron chi connectivity index (χ0n) is 18.5. The van der Waals surface area contributed by atoms with Crippen LogP contribution in [0.15, 0.2) is 72.3 Å². The van der Waals surface area contributed by atoms with Crippen molar-refractivity contribution < 1.29 is 24.2 Å². The Morgan fingerprint density at radius 1 is 1.09 bits per heavy atom. The first-order valence-corrected chi connectivity index (χ1v) is 11.4.